The summed E-state index contributed by atoms with van der Waals surface area (Å²) in [4.78, 5) is 24.4. The molecule has 2 aromatic heterocycles. The normalized spacial score (nSPS) is 10.9. The molecule has 2 heterocycles. The summed E-state index contributed by atoms with van der Waals surface area (Å²) in [6.07, 6.45) is 0. The molecule has 0 amide bonds. The van der Waals surface area contributed by atoms with Crippen molar-refractivity contribution in [2.45, 2.75) is 13.5 Å². The lowest BCUT2D eigenvalue weighted by atomic mass is 10.2. The summed E-state index contributed by atoms with van der Waals surface area (Å²) in [5.74, 6) is 0. The van der Waals surface area contributed by atoms with Gasteiger partial charge in [-0.25, -0.2) is 4.68 Å². The molecule has 3 rings (SSSR count). The van der Waals surface area contributed by atoms with Crippen LogP contribution in [0.1, 0.15) is 12.6 Å². The van der Waals surface area contributed by atoms with E-state index in [2.05, 4.69) is 20.0 Å². The van der Waals surface area contributed by atoms with Crippen LogP contribution >= 0.6 is 11.5 Å². The van der Waals surface area contributed by atoms with Gasteiger partial charge in [0.2, 0.25) is 0 Å². The second kappa shape index (κ2) is 5.49. The molecule has 108 valence electrons. The number of nitrogens with one attached hydrogen (secondary N) is 2. The van der Waals surface area contributed by atoms with E-state index in [0.717, 1.165) is 11.5 Å². The third-order valence-corrected chi connectivity index (χ3v) is 3.81. The zero-order valence-electron chi connectivity index (χ0n) is 11.3. The molecule has 3 aromatic rings. The maximum Gasteiger partial charge on any atom is 0.273 e. The molecule has 2 N–H and O–H groups in total. The van der Waals surface area contributed by atoms with Crippen LogP contribution in [0.15, 0.2) is 33.9 Å². The summed E-state index contributed by atoms with van der Waals surface area (Å²) in [6.45, 7) is 2.88. The quantitative estimate of drug-likeness (QED) is 0.750. The lowest BCUT2D eigenvalue weighted by molar-refractivity contribution is 0.625. The van der Waals surface area contributed by atoms with Crippen molar-refractivity contribution in [3.8, 4) is 0 Å². The molecule has 0 unspecified atom stereocenters. The zero-order chi connectivity index (χ0) is 14.8. The van der Waals surface area contributed by atoms with Crippen molar-refractivity contribution in [3.63, 3.8) is 0 Å². The van der Waals surface area contributed by atoms with E-state index in [9.17, 15) is 9.59 Å². The van der Waals surface area contributed by atoms with Crippen molar-refractivity contribution in [1.82, 2.24) is 19.4 Å². The zero-order valence-corrected chi connectivity index (χ0v) is 12.1. The van der Waals surface area contributed by atoms with E-state index >= 15 is 0 Å². The second-order valence-corrected chi connectivity index (χ2v) is 5.21. The topological polar surface area (TPSA) is 92.7 Å². The molecule has 1 aromatic carbocycles. The van der Waals surface area contributed by atoms with Crippen LogP contribution in [0.25, 0.3) is 10.8 Å². The van der Waals surface area contributed by atoms with E-state index in [1.165, 1.54) is 16.2 Å². The van der Waals surface area contributed by atoms with Gasteiger partial charge in [0, 0.05) is 18.1 Å². The van der Waals surface area contributed by atoms with Crippen LogP contribution in [0.3, 0.4) is 0 Å². The molecule has 0 radical (unpaired) electrons. The Hall–Kier alpha value is -2.48. The summed E-state index contributed by atoms with van der Waals surface area (Å²) in [5, 5.41) is 11.3. The third-order valence-electron chi connectivity index (χ3n) is 3.08. The first kappa shape index (κ1) is 13.5. The van der Waals surface area contributed by atoms with Crippen molar-refractivity contribution in [3.05, 3.63) is 50.7 Å². The number of rotatable bonds is 4. The Morgan fingerprint density at radius 3 is 2.81 bits per heavy atom. The van der Waals surface area contributed by atoms with Gasteiger partial charge >= 0.3 is 0 Å². The van der Waals surface area contributed by atoms with Crippen LogP contribution in [0, 0.1) is 0 Å². The molecular weight excluding hydrogens is 290 g/mol. The SMILES string of the molecule is CCNc1snnc1Cn1[nH]c(=O)c2ccccc2c1=O. The number of hydrogen-bond acceptors (Lipinski definition) is 6. The molecule has 0 atom stereocenters. The molecular formula is C13H13N5O2S. The fraction of sp³-hybridized carbons (Fsp3) is 0.231. The first-order valence-electron chi connectivity index (χ1n) is 6.47. The third kappa shape index (κ3) is 2.45. The predicted octanol–water partition coefficient (Wildman–Crippen LogP) is 1.02. The van der Waals surface area contributed by atoms with E-state index in [1.54, 1.807) is 24.3 Å². The minimum absolute atomic E-state index is 0.178. The Morgan fingerprint density at radius 1 is 1.29 bits per heavy atom. The standard InChI is InChI=1S/C13H13N5O2S/c1-2-14-12-10(15-17-21-12)7-18-13(20)9-6-4-3-5-8(9)11(19)16-18/h3-6,14H,2,7H2,1H3,(H,16,19). The summed E-state index contributed by atoms with van der Waals surface area (Å²) >= 11 is 1.23. The molecule has 0 aliphatic heterocycles. The molecule has 0 fully saturated rings. The van der Waals surface area contributed by atoms with E-state index in [-0.39, 0.29) is 17.7 Å². The van der Waals surface area contributed by atoms with Crippen LogP contribution in [0.4, 0.5) is 5.00 Å². The summed E-state index contributed by atoms with van der Waals surface area (Å²) in [6, 6.07) is 6.75. The number of anilines is 1. The number of hydrogen-bond donors (Lipinski definition) is 2. The lowest BCUT2D eigenvalue weighted by Crippen LogP contribution is -2.30. The molecule has 0 aliphatic rings. The number of aromatic nitrogens is 4. The highest BCUT2D eigenvalue weighted by Crippen LogP contribution is 2.17. The molecule has 0 aliphatic carbocycles. The second-order valence-electron chi connectivity index (χ2n) is 4.46. The van der Waals surface area contributed by atoms with Gasteiger partial charge in [0.15, 0.2) is 0 Å². The van der Waals surface area contributed by atoms with E-state index in [1.807, 2.05) is 6.92 Å². The van der Waals surface area contributed by atoms with Crippen LogP contribution in [-0.2, 0) is 6.54 Å². The molecule has 0 spiro atoms. The number of fused-ring (bicyclic) bond motifs is 1. The fourth-order valence-electron chi connectivity index (χ4n) is 2.11. The number of H-pyrrole nitrogens is 1. The van der Waals surface area contributed by atoms with Gasteiger partial charge in [-0.2, -0.15) is 0 Å². The Morgan fingerprint density at radius 2 is 2.05 bits per heavy atom. The first-order valence-corrected chi connectivity index (χ1v) is 7.25. The molecule has 0 saturated carbocycles. The van der Waals surface area contributed by atoms with Crippen molar-refractivity contribution in [2.75, 3.05) is 11.9 Å². The van der Waals surface area contributed by atoms with Crippen LogP contribution in [0.2, 0.25) is 0 Å². The van der Waals surface area contributed by atoms with Gasteiger partial charge in [-0.3, -0.25) is 14.7 Å². The van der Waals surface area contributed by atoms with Gasteiger partial charge in [0.1, 0.15) is 10.7 Å². The Kier molecular flexibility index (Phi) is 3.53. The average molecular weight is 303 g/mol. The highest BCUT2D eigenvalue weighted by molar-refractivity contribution is 7.10. The van der Waals surface area contributed by atoms with Crippen LogP contribution in [-0.4, -0.2) is 25.9 Å². The lowest BCUT2D eigenvalue weighted by Gasteiger charge is -2.07. The maximum atomic E-state index is 12.4. The Balaban J connectivity index is 2.09. The summed E-state index contributed by atoms with van der Waals surface area (Å²) < 4.78 is 5.14. The monoisotopic (exact) mass is 303 g/mol. The fourth-order valence-corrected chi connectivity index (χ4v) is 2.76. The minimum Gasteiger partial charge on any atom is -0.374 e. The molecule has 7 nitrogen and oxygen atoms in total. The van der Waals surface area contributed by atoms with E-state index < -0.39 is 0 Å². The van der Waals surface area contributed by atoms with Crippen LogP contribution < -0.4 is 16.4 Å². The predicted molar refractivity (Wildman–Crippen MR) is 82.0 cm³/mol. The minimum atomic E-state index is -0.293. The molecule has 21 heavy (non-hydrogen) atoms. The number of benzene rings is 1. The summed E-state index contributed by atoms with van der Waals surface area (Å²) in [5.41, 5.74) is 0.0916. The van der Waals surface area contributed by atoms with Crippen LogP contribution in [0.5, 0.6) is 0 Å². The summed E-state index contributed by atoms with van der Waals surface area (Å²) in [7, 11) is 0. The highest BCUT2D eigenvalue weighted by atomic mass is 32.1. The largest absolute Gasteiger partial charge is 0.374 e. The Bertz CT molecular complexity index is 895. The van der Waals surface area contributed by atoms with Crippen molar-refractivity contribution < 1.29 is 0 Å². The van der Waals surface area contributed by atoms with E-state index in [4.69, 9.17) is 0 Å². The maximum absolute atomic E-state index is 12.4. The molecule has 8 heteroatoms. The average Bonchev–Trinajstić information content (AvgIpc) is 2.92. The number of aromatic amines is 1. The van der Waals surface area contributed by atoms with Gasteiger partial charge in [0.25, 0.3) is 11.1 Å². The van der Waals surface area contributed by atoms with E-state index in [0.29, 0.717) is 16.5 Å². The van der Waals surface area contributed by atoms with Gasteiger partial charge in [-0.15, -0.1) is 5.10 Å². The first-order chi connectivity index (χ1) is 10.2. The van der Waals surface area contributed by atoms with Crippen molar-refractivity contribution >= 4 is 27.3 Å². The Labute approximate surface area is 123 Å². The van der Waals surface area contributed by atoms with Crippen molar-refractivity contribution in [1.29, 1.82) is 0 Å². The molecule has 0 saturated heterocycles. The van der Waals surface area contributed by atoms with Gasteiger partial charge < -0.3 is 5.32 Å². The van der Waals surface area contributed by atoms with Crippen molar-refractivity contribution in [2.24, 2.45) is 0 Å². The smallest absolute Gasteiger partial charge is 0.273 e. The van der Waals surface area contributed by atoms with Gasteiger partial charge in [-0.05, 0) is 19.1 Å². The highest BCUT2D eigenvalue weighted by Gasteiger charge is 2.11. The van der Waals surface area contributed by atoms with Gasteiger partial charge in [0.05, 0.1) is 17.3 Å². The number of nitrogens with zero attached hydrogens (tertiary/aromatic N) is 3. The molecule has 0 bridgehead atoms. The van der Waals surface area contributed by atoms with Gasteiger partial charge in [-0.1, -0.05) is 16.6 Å².